The van der Waals surface area contributed by atoms with Crippen LogP contribution in [-0.4, -0.2) is 24.1 Å². The third-order valence-electron chi connectivity index (χ3n) is 3.57. The van der Waals surface area contributed by atoms with Gasteiger partial charge >= 0.3 is 0 Å². The highest BCUT2D eigenvalue weighted by molar-refractivity contribution is 6.33. The second-order valence-electron chi connectivity index (χ2n) is 6.52. The van der Waals surface area contributed by atoms with Gasteiger partial charge in [-0.3, -0.25) is 0 Å². The van der Waals surface area contributed by atoms with Gasteiger partial charge in [-0.1, -0.05) is 39.3 Å². The summed E-state index contributed by atoms with van der Waals surface area (Å²) in [6.45, 7) is 11.7. The van der Waals surface area contributed by atoms with Gasteiger partial charge in [0.25, 0.3) is 0 Å². The van der Waals surface area contributed by atoms with Crippen molar-refractivity contribution in [3.8, 4) is 0 Å². The van der Waals surface area contributed by atoms with E-state index in [2.05, 4.69) is 42.9 Å². The van der Waals surface area contributed by atoms with E-state index < -0.39 is 0 Å². The van der Waals surface area contributed by atoms with E-state index in [1.54, 1.807) is 0 Å². The first-order valence-electron chi connectivity index (χ1n) is 7.00. The minimum atomic E-state index is 0.364. The van der Waals surface area contributed by atoms with E-state index in [9.17, 15) is 0 Å². The van der Waals surface area contributed by atoms with Crippen LogP contribution in [-0.2, 0) is 6.54 Å². The second kappa shape index (κ2) is 5.68. The highest BCUT2D eigenvalue weighted by Gasteiger charge is 2.30. The van der Waals surface area contributed by atoms with Crippen molar-refractivity contribution in [2.24, 2.45) is 5.41 Å². The van der Waals surface area contributed by atoms with Crippen LogP contribution >= 0.6 is 11.6 Å². The number of halogens is 1. The van der Waals surface area contributed by atoms with Gasteiger partial charge in [-0.15, -0.1) is 0 Å². The van der Waals surface area contributed by atoms with E-state index in [-0.39, 0.29) is 0 Å². The predicted molar refractivity (Wildman–Crippen MR) is 81.8 cm³/mol. The molecule has 1 aliphatic heterocycles. The SMILES string of the molecule is CC(C)NCc1cnc(N2CCC(C)(C)C2)c(Cl)c1. The average molecular weight is 282 g/mol. The normalized spacial score (nSPS) is 18.3. The first-order valence-corrected chi connectivity index (χ1v) is 7.38. The van der Waals surface area contributed by atoms with E-state index in [4.69, 9.17) is 11.6 Å². The summed E-state index contributed by atoms with van der Waals surface area (Å²) in [5.74, 6) is 0.931. The van der Waals surface area contributed by atoms with Crippen LogP contribution in [0.4, 0.5) is 5.82 Å². The number of nitrogens with zero attached hydrogens (tertiary/aromatic N) is 2. The number of pyridine rings is 1. The first kappa shape index (κ1) is 14.6. The summed E-state index contributed by atoms with van der Waals surface area (Å²) in [5.41, 5.74) is 1.50. The summed E-state index contributed by atoms with van der Waals surface area (Å²) in [7, 11) is 0. The lowest BCUT2D eigenvalue weighted by atomic mass is 9.93. The lowest BCUT2D eigenvalue weighted by Crippen LogP contribution is -2.24. The van der Waals surface area contributed by atoms with Gasteiger partial charge in [0.15, 0.2) is 0 Å². The lowest BCUT2D eigenvalue weighted by molar-refractivity contribution is 0.418. The van der Waals surface area contributed by atoms with E-state index >= 15 is 0 Å². The molecule has 1 N–H and O–H groups in total. The number of aromatic nitrogens is 1. The van der Waals surface area contributed by atoms with Crippen molar-refractivity contribution >= 4 is 17.4 Å². The third kappa shape index (κ3) is 3.83. The van der Waals surface area contributed by atoms with Crippen molar-refractivity contribution < 1.29 is 0 Å². The third-order valence-corrected chi connectivity index (χ3v) is 3.85. The van der Waals surface area contributed by atoms with Gasteiger partial charge in [-0.2, -0.15) is 0 Å². The maximum Gasteiger partial charge on any atom is 0.147 e. The van der Waals surface area contributed by atoms with Crippen LogP contribution in [0.25, 0.3) is 0 Å². The molecule has 0 radical (unpaired) electrons. The molecule has 19 heavy (non-hydrogen) atoms. The van der Waals surface area contributed by atoms with Crippen LogP contribution in [0.3, 0.4) is 0 Å². The van der Waals surface area contributed by atoms with Crippen molar-refractivity contribution in [1.82, 2.24) is 10.3 Å². The van der Waals surface area contributed by atoms with E-state index in [1.807, 2.05) is 12.3 Å². The van der Waals surface area contributed by atoms with Gasteiger partial charge in [-0.05, 0) is 23.5 Å². The average Bonchev–Trinajstić information content (AvgIpc) is 2.67. The standard InChI is InChI=1S/C15H24ClN3/c1-11(2)17-8-12-7-13(16)14(18-9-12)19-6-5-15(3,4)10-19/h7,9,11,17H,5-6,8,10H2,1-4H3. The molecular formula is C15H24ClN3. The minimum Gasteiger partial charge on any atom is -0.355 e. The Kier molecular flexibility index (Phi) is 4.36. The molecule has 1 saturated heterocycles. The monoisotopic (exact) mass is 281 g/mol. The Labute approximate surface area is 121 Å². The molecule has 0 aliphatic carbocycles. The number of anilines is 1. The zero-order valence-electron chi connectivity index (χ0n) is 12.3. The van der Waals surface area contributed by atoms with Gasteiger partial charge in [0.2, 0.25) is 0 Å². The van der Waals surface area contributed by atoms with Crippen LogP contribution in [0.5, 0.6) is 0 Å². The number of nitrogens with one attached hydrogen (secondary N) is 1. The van der Waals surface area contributed by atoms with Gasteiger partial charge in [-0.25, -0.2) is 4.98 Å². The summed E-state index contributed by atoms with van der Waals surface area (Å²) in [6.07, 6.45) is 3.13. The van der Waals surface area contributed by atoms with Crippen LogP contribution in [0, 0.1) is 5.41 Å². The van der Waals surface area contributed by atoms with Gasteiger partial charge in [0.05, 0.1) is 5.02 Å². The zero-order chi connectivity index (χ0) is 14.0. The molecule has 1 fully saturated rings. The molecule has 0 amide bonds. The Morgan fingerprint density at radius 1 is 1.47 bits per heavy atom. The predicted octanol–water partition coefficient (Wildman–Crippen LogP) is 3.47. The summed E-state index contributed by atoms with van der Waals surface area (Å²) >= 11 is 6.39. The molecule has 106 valence electrons. The van der Waals surface area contributed by atoms with Crippen molar-refractivity contribution in [3.63, 3.8) is 0 Å². The molecule has 2 heterocycles. The Hall–Kier alpha value is -0.800. The number of hydrogen-bond acceptors (Lipinski definition) is 3. The number of rotatable bonds is 4. The maximum atomic E-state index is 6.39. The molecule has 0 atom stereocenters. The Morgan fingerprint density at radius 2 is 2.21 bits per heavy atom. The highest BCUT2D eigenvalue weighted by atomic mass is 35.5. The second-order valence-corrected chi connectivity index (χ2v) is 6.93. The molecule has 1 aliphatic rings. The van der Waals surface area contributed by atoms with E-state index in [1.165, 1.54) is 6.42 Å². The van der Waals surface area contributed by atoms with Crippen molar-refractivity contribution in [3.05, 3.63) is 22.8 Å². The quantitative estimate of drug-likeness (QED) is 0.916. The van der Waals surface area contributed by atoms with Crippen LogP contribution < -0.4 is 10.2 Å². The minimum absolute atomic E-state index is 0.364. The maximum absolute atomic E-state index is 6.39. The van der Waals surface area contributed by atoms with Crippen LogP contribution in [0.1, 0.15) is 39.7 Å². The molecule has 4 heteroatoms. The van der Waals surface area contributed by atoms with Crippen LogP contribution in [0.2, 0.25) is 5.02 Å². The molecular weight excluding hydrogens is 258 g/mol. The number of hydrogen-bond donors (Lipinski definition) is 1. The lowest BCUT2D eigenvalue weighted by Gasteiger charge is -2.22. The highest BCUT2D eigenvalue weighted by Crippen LogP contribution is 2.34. The van der Waals surface area contributed by atoms with Crippen molar-refractivity contribution in [2.75, 3.05) is 18.0 Å². The van der Waals surface area contributed by atoms with E-state index in [0.29, 0.717) is 11.5 Å². The zero-order valence-corrected chi connectivity index (χ0v) is 13.1. The summed E-state index contributed by atoms with van der Waals surface area (Å²) in [5, 5.41) is 4.14. The van der Waals surface area contributed by atoms with Gasteiger partial charge < -0.3 is 10.2 Å². The van der Waals surface area contributed by atoms with E-state index in [0.717, 1.165) is 36.0 Å². The fraction of sp³-hybridized carbons (Fsp3) is 0.667. The Morgan fingerprint density at radius 3 is 2.74 bits per heavy atom. The topological polar surface area (TPSA) is 28.2 Å². The Balaban J connectivity index is 2.07. The molecule has 0 aromatic carbocycles. The van der Waals surface area contributed by atoms with Gasteiger partial charge in [0.1, 0.15) is 5.82 Å². The molecule has 1 aromatic rings. The smallest absolute Gasteiger partial charge is 0.147 e. The molecule has 1 aromatic heterocycles. The molecule has 0 saturated carbocycles. The fourth-order valence-electron chi connectivity index (χ4n) is 2.41. The molecule has 3 nitrogen and oxygen atoms in total. The van der Waals surface area contributed by atoms with Gasteiger partial charge in [0, 0.05) is 31.9 Å². The summed E-state index contributed by atoms with van der Waals surface area (Å²) in [4.78, 5) is 6.85. The Bertz CT molecular complexity index is 443. The largest absolute Gasteiger partial charge is 0.355 e. The summed E-state index contributed by atoms with van der Waals surface area (Å²) < 4.78 is 0. The van der Waals surface area contributed by atoms with Crippen LogP contribution in [0.15, 0.2) is 12.3 Å². The first-order chi connectivity index (χ1) is 8.87. The van der Waals surface area contributed by atoms with Crippen molar-refractivity contribution in [2.45, 2.75) is 46.7 Å². The molecule has 0 spiro atoms. The molecule has 0 unspecified atom stereocenters. The molecule has 2 rings (SSSR count). The van der Waals surface area contributed by atoms with Crippen molar-refractivity contribution in [1.29, 1.82) is 0 Å². The molecule has 0 bridgehead atoms. The fourth-order valence-corrected chi connectivity index (χ4v) is 2.72. The summed E-state index contributed by atoms with van der Waals surface area (Å²) in [6, 6.07) is 2.50.